The second kappa shape index (κ2) is 4.70. The Morgan fingerprint density at radius 2 is 2.27 bits per heavy atom. The number of hydrogen-bond acceptors (Lipinski definition) is 5. The van der Waals surface area contributed by atoms with Crippen LogP contribution in [0.25, 0.3) is 0 Å². The van der Waals surface area contributed by atoms with Crippen molar-refractivity contribution in [2.24, 2.45) is 0 Å². The summed E-state index contributed by atoms with van der Waals surface area (Å²) in [6.45, 7) is 0.714. The lowest BCUT2D eigenvalue weighted by molar-refractivity contribution is 0.890. The minimum absolute atomic E-state index is 0.385. The quantitative estimate of drug-likeness (QED) is 0.807. The lowest BCUT2D eigenvalue weighted by Gasteiger charge is -2.02. The lowest BCUT2D eigenvalue weighted by atomic mass is 10.4. The highest BCUT2D eigenvalue weighted by molar-refractivity contribution is 6.29. The van der Waals surface area contributed by atoms with Gasteiger partial charge in [0.05, 0.1) is 0 Å². The molecular weight excluding hydrogens is 216 g/mol. The molecule has 78 valence electrons. The topological polar surface area (TPSA) is 79.4 Å². The maximum Gasteiger partial charge on any atom is 0.151 e. The molecule has 6 nitrogen and oxygen atoms in total. The second-order valence-electron chi connectivity index (χ2n) is 2.85. The van der Waals surface area contributed by atoms with Crippen LogP contribution in [0.5, 0.6) is 0 Å². The zero-order valence-electron chi connectivity index (χ0n) is 7.81. The predicted octanol–water partition coefficient (Wildman–Crippen LogP) is 0.903. The molecule has 7 heteroatoms. The van der Waals surface area contributed by atoms with Crippen LogP contribution in [0.4, 0.5) is 5.82 Å². The van der Waals surface area contributed by atoms with Gasteiger partial charge in [0, 0.05) is 13.0 Å². The van der Waals surface area contributed by atoms with Crippen LogP contribution in [0, 0.1) is 0 Å². The van der Waals surface area contributed by atoms with E-state index in [-0.39, 0.29) is 0 Å². The number of nitrogens with one attached hydrogen (secondary N) is 2. The van der Waals surface area contributed by atoms with Crippen molar-refractivity contribution in [1.82, 2.24) is 25.4 Å². The average molecular weight is 225 g/mol. The van der Waals surface area contributed by atoms with Gasteiger partial charge in [-0.2, -0.15) is 5.10 Å². The minimum Gasteiger partial charge on any atom is -0.368 e. The molecule has 0 saturated carbocycles. The van der Waals surface area contributed by atoms with Gasteiger partial charge in [0.1, 0.15) is 18.0 Å². The lowest BCUT2D eigenvalue weighted by Crippen LogP contribution is -2.07. The first-order chi connectivity index (χ1) is 7.34. The van der Waals surface area contributed by atoms with Crippen LogP contribution in [-0.2, 0) is 6.42 Å². The van der Waals surface area contributed by atoms with Gasteiger partial charge in [-0.3, -0.25) is 5.10 Å². The predicted molar refractivity (Wildman–Crippen MR) is 55.6 cm³/mol. The molecule has 0 fully saturated rings. The number of anilines is 1. The highest BCUT2D eigenvalue weighted by Crippen LogP contribution is 2.05. The van der Waals surface area contributed by atoms with Gasteiger partial charge in [-0.25, -0.2) is 4.98 Å². The maximum atomic E-state index is 5.60. The van der Waals surface area contributed by atoms with Crippen molar-refractivity contribution in [2.75, 3.05) is 11.9 Å². The third-order valence-corrected chi connectivity index (χ3v) is 1.97. The van der Waals surface area contributed by atoms with E-state index in [1.54, 1.807) is 12.1 Å². The van der Waals surface area contributed by atoms with Crippen LogP contribution in [0.15, 0.2) is 18.5 Å². The van der Waals surface area contributed by atoms with Crippen LogP contribution in [0.3, 0.4) is 0 Å². The molecule has 0 amide bonds. The van der Waals surface area contributed by atoms with Crippen LogP contribution < -0.4 is 5.32 Å². The molecule has 2 rings (SSSR count). The van der Waals surface area contributed by atoms with Crippen molar-refractivity contribution >= 4 is 17.4 Å². The molecule has 2 aromatic heterocycles. The van der Waals surface area contributed by atoms with Crippen LogP contribution in [0.2, 0.25) is 5.15 Å². The first-order valence-corrected chi connectivity index (χ1v) is 4.80. The standard InChI is InChI=1S/C8H9ClN6/c9-6-1-2-7(15-13-6)10-4-3-8-11-5-12-14-8/h1-2,5H,3-4H2,(H,10,15)(H,11,12,14). The molecule has 0 aliphatic rings. The Morgan fingerprint density at radius 1 is 1.33 bits per heavy atom. The van der Waals surface area contributed by atoms with Crippen molar-refractivity contribution in [2.45, 2.75) is 6.42 Å². The zero-order chi connectivity index (χ0) is 10.5. The van der Waals surface area contributed by atoms with E-state index >= 15 is 0 Å². The fourth-order valence-electron chi connectivity index (χ4n) is 1.07. The molecule has 0 spiro atoms. The van der Waals surface area contributed by atoms with Gasteiger partial charge in [0.25, 0.3) is 0 Å². The molecule has 0 atom stereocenters. The van der Waals surface area contributed by atoms with Gasteiger partial charge in [-0.05, 0) is 12.1 Å². The summed E-state index contributed by atoms with van der Waals surface area (Å²) in [5.41, 5.74) is 0. The van der Waals surface area contributed by atoms with E-state index in [9.17, 15) is 0 Å². The van der Waals surface area contributed by atoms with E-state index in [2.05, 4.69) is 30.7 Å². The normalized spacial score (nSPS) is 10.2. The van der Waals surface area contributed by atoms with E-state index in [1.807, 2.05) is 0 Å². The van der Waals surface area contributed by atoms with E-state index in [0.29, 0.717) is 17.5 Å². The fourth-order valence-corrected chi connectivity index (χ4v) is 1.17. The highest BCUT2D eigenvalue weighted by atomic mass is 35.5. The monoisotopic (exact) mass is 224 g/mol. The molecule has 0 aliphatic heterocycles. The van der Waals surface area contributed by atoms with Gasteiger partial charge in [-0.1, -0.05) is 11.6 Å². The molecule has 0 aliphatic carbocycles. The van der Waals surface area contributed by atoms with Crippen molar-refractivity contribution in [3.8, 4) is 0 Å². The third-order valence-electron chi connectivity index (χ3n) is 1.76. The van der Waals surface area contributed by atoms with Crippen LogP contribution in [0.1, 0.15) is 5.82 Å². The Morgan fingerprint density at radius 3 is 2.93 bits per heavy atom. The van der Waals surface area contributed by atoms with Gasteiger partial charge < -0.3 is 5.32 Å². The van der Waals surface area contributed by atoms with Crippen LogP contribution >= 0.6 is 11.6 Å². The largest absolute Gasteiger partial charge is 0.368 e. The Kier molecular flexibility index (Phi) is 3.08. The molecule has 15 heavy (non-hydrogen) atoms. The summed E-state index contributed by atoms with van der Waals surface area (Å²) < 4.78 is 0. The Balaban J connectivity index is 1.81. The van der Waals surface area contributed by atoms with Gasteiger partial charge in [0.2, 0.25) is 0 Å². The molecule has 2 heterocycles. The summed E-state index contributed by atoms with van der Waals surface area (Å²) in [5, 5.41) is 17.6. The fraction of sp³-hybridized carbons (Fsp3) is 0.250. The summed E-state index contributed by atoms with van der Waals surface area (Å²) >= 11 is 5.60. The molecule has 0 radical (unpaired) electrons. The van der Waals surface area contributed by atoms with Crippen molar-refractivity contribution in [3.63, 3.8) is 0 Å². The van der Waals surface area contributed by atoms with Gasteiger partial charge in [-0.15, -0.1) is 10.2 Å². The number of H-pyrrole nitrogens is 1. The number of nitrogens with zero attached hydrogens (tertiary/aromatic N) is 4. The minimum atomic E-state index is 0.385. The molecule has 2 N–H and O–H groups in total. The van der Waals surface area contributed by atoms with Crippen LogP contribution in [-0.4, -0.2) is 31.9 Å². The van der Waals surface area contributed by atoms with Gasteiger partial charge in [0.15, 0.2) is 5.15 Å². The molecule has 0 unspecified atom stereocenters. The molecule has 2 aromatic rings. The molecule has 0 bridgehead atoms. The smallest absolute Gasteiger partial charge is 0.151 e. The Labute approximate surface area is 91.1 Å². The highest BCUT2D eigenvalue weighted by Gasteiger charge is 1.97. The summed E-state index contributed by atoms with van der Waals surface area (Å²) in [7, 11) is 0. The number of halogens is 1. The van der Waals surface area contributed by atoms with Crippen molar-refractivity contribution < 1.29 is 0 Å². The zero-order valence-corrected chi connectivity index (χ0v) is 8.57. The molecule has 0 saturated heterocycles. The molecular formula is C8H9ClN6. The summed E-state index contributed by atoms with van der Waals surface area (Å²) in [5.74, 6) is 1.53. The van der Waals surface area contributed by atoms with Crippen molar-refractivity contribution in [3.05, 3.63) is 29.4 Å². The number of aromatic amines is 1. The first-order valence-electron chi connectivity index (χ1n) is 4.42. The SMILES string of the molecule is Clc1ccc(NCCc2ncn[nH]2)nn1. The number of hydrogen-bond donors (Lipinski definition) is 2. The second-order valence-corrected chi connectivity index (χ2v) is 3.24. The Bertz CT molecular complexity index is 398. The molecule has 0 aromatic carbocycles. The van der Waals surface area contributed by atoms with Crippen molar-refractivity contribution in [1.29, 1.82) is 0 Å². The van der Waals surface area contributed by atoms with E-state index in [4.69, 9.17) is 11.6 Å². The summed E-state index contributed by atoms with van der Waals surface area (Å²) in [4.78, 5) is 4.00. The first kappa shape index (κ1) is 9.85. The Hall–Kier alpha value is -1.69. The van der Waals surface area contributed by atoms with E-state index in [1.165, 1.54) is 6.33 Å². The number of rotatable bonds is 4. The average Bonchev–Trinajstić information content (AvgIpc) is 2.74. The number of aromatic nitrogens is 5. The van der Waals surface area contributed by atoms with Gasteiger partial charge >= 0.3 is 0 Å². The summed E-state index contributed by atoms with van der Waals surface area (Å²) in [6.07, 6.45) is 2.24. The maximum absolute atomic E-state index is 5.60. The van der Waals surface area contributed by atoms with E-state index < -0.39 is 0 Å². The third kappa shape index (κ3) is 2.88. The van der Waals surface area contributed by atoms with E-state index in [0.717, 1.165) is 12.2 Å². The summed E-state index contributed by atoms with van der Waals surface area (Å²) in [6, 6.07) is 3.46.